The Hall–Kier alpha value is -2.11. The van der Waals surface area contributed by atoms with Crippen molar-refractivity contribution in [2.24, 2.45) is 5.92 Å². The molecule has 2 heterocycles. The average Bonchev–Trinajstić information content (AvgIpc) is 3.13. The van der Waals surface area contributed by atoms with Crippen LogP contribution in [0.25, 0.3) is 0 Å². The number of nitrogens with zero attached hydrogens (tertiary/aromatic N) is 1. The molecule has 1 aromatic rings. The van der Waals surface area contributed by atoms with E-state index in [9.17, 15) is 14.0 Å². The first kappa shape index (κ1) is 19.2. The zero-order valence-corrected chi connectivity index (χ0v) is 16.3. The van der Waals surface area contributed by atoms with Gasteiger partial charge in [0.15, 0.2) is 0 Å². The quantitative estimate of drug-likeness (QED) is 0.858. The van der Waals surface area contributed by atoms with Gasteiger partial charge in [-0.05, 0) is 56.7 Å². The highest BCUT2D eigenvalue weighted by atomic mass is 19.1. The van der Waals surface area contributed by atoms with E-state index < -0.39 is 6.04 Å². The Labute approximate surface area is 165 Å². The first-order valence-electron chi connectivity index (χ1n) is 10.7. The summed E-state index contributed by atoms with van der Waals surface area (Å²) >= 11 is 0. The van der Waals surface area contributed by atoms with Gasteiger partial charge in [0.25, 0.3) is 0 Å². The fourth-order valence-corrected chi connectivity index (χ4v) is 4.85. The van der Waals surface area contributed by atoms with Crippen LogP contribution in [0, 0.1) is 11.7 Å². The number of likely N-dealkylation sites (tertiary alicyclic amines) is 1. The van der Waals surface area contributed by atoms with Crippen molar-refractivity contribution in [1.29, 1.82) is 0 Å². The average molecular weight is 388 g/mol. The molecule has 2 fully saturated rings. The van der Waals surface area contributed by atoms with Crippen molar-refractivity contribution in [3.05, 3.63) is 29.6 Å². The van der Waals surface area contributed by atoms with Crippen molar-refractivity contribution >= 4 is 11.8 Å². The van der Waals surface area contributed by atoms with Crippen molar-refractivity contribution in [3.63, 3.8) is 0 Å². The number of rotatable bonds is 3. The molecule has 6 heteroatoms. The van der Waals surface area contributed by atoms with Gasteiger partial charge in [-0.1, -0.05) is 19.3 Å². The van der Waals surface area contributed by atoms with Crippen LogP contribution in [-0.4, -0.2) is 35.9 Å². The van der Waals surface area contributed by atoms with E-state index >= 15 is 0 Å². The minimum atomic E-state index is -0.407. The summed E-state index contributed by atoms with van der Waals surface area (Å²) in [5.41, 5.74) is 0.689. The number of fused-ring (bicyclic) bond motifs is 1. The molecule has 1 aliphatic carbocycles. The molecule has 0 radical (unpaired) electrons. The lowest BCUT2D eigenvalue weighted by Gasteiger charge is -2.31. The Morgan fingerprint density at radius 3 is 2.68 bits per heavy atom. The van der Waals surface area contributed by atoms with Gasteiger partial charge in [-0.15, -0.1) is 0 Å². The molecule has 2 atom stereocenters. The third-order valence-corrected chi connectivity index (χ3v) is 6.35. The van der Waals surface area contributed by atoms with Gasteiger partial charge >= 0.3 is 0 Å². The number of benzene rings is 1. The van der Waals surface area contributed by atoms with Crippen LogP contribution in [0.3, 0.4) is 0 Å². The predicted octanol–water partition coefficient (Wildman–Crippen LogP) is 3.73. The van der Waals surface area contributed by atoms with Gasteiger partial charge in [0.2, 0.25) is 11.8 Å². The molecule has 0 spiro atoms. The van der Waals surface area contributed by atoms with Gasteiger partial charge in [0, 0.05) is 18.0 Å². The number of ether oxygens (including phenoxy) is 1. The maximum absolute atomic E-state index is 13.8. The summed E-state index contributed by atoms with van der Waals surface area (Å²) in [6.45, 7) is 1.22. The second-order valence-corrected chi connectivity index (χ2v) is 8.26. The maximum Gasteiger partial charge on any atom is 0.243 e. The van der Waals surface area contributed by atoms with Crippen LogP contribution < -0.4 is 10.1 Å². The zero-order valence-electron chi connectivity index (χ0n) is 16.3. The molecule has 1 saturated heterocycles. The van der Waals surface area contributed by atoms with Gasteiger partial charge in [0.1, 0.15) is 17.6 Å². The van der Waals surface area contributed by atoms with Crippen molar-refractivity contribution in [1.82, 2.24) is 10.2 Å². The zero-order chi connectivity index (χ0) is 19.5. The largest absolute Gasteiger partial charge is 0.493 e. The lowest BCUT2D eigenvalue weighted by molar-refractivity contribution is -0.142. The molecule has 5 nitrogen and oxygen atoms in total. The highest BCUT2D eigenvalue weighted by Gasteiger charge is 2.38. The monoisotopic (exact) mass is 388 g/mol. The topological polar surface area (TPSA) is 58.6 Å². The predicted molar refractivity (Wildman–Crippen MR) is 103 cm³/mol. The van der Waals surface area contributed by atoms with E-state index in [1.807, 2.05) is 0 Å². The molecule has 2 amide bonds. The molecule has 4 rings (SSSR count). The normalized spacial score (nSPS) is 25.5. The Balaban J connectivity index is 1.47. The van der Waals surface area contributed by atoms with Crippen LogP contribution in [0.5, 0.6) is 5.75 Å². The molecule has 1 saturated carbocycles. The summed E-state index contributed by atoms with van der Waals surface area (Å²) in [5.74, 6) is 0.393. The van der Waals surface area contributed by atoms with Crippen molar-refractivity contribution < 1.29 is 18.7 Å². The molecule has 0 unspecified atom stereocenters. The third kappa shape index (κ3) is 4.01. The minimum absolute atomic E-state index is 0.0725. The second-order valence-electron chi connectivity index (χ2n) is 8.26. The maximum atomic E-state index is 13.8. The molecular weight excluding hydrogens is 359 g/mol. The number of amides is 2. The van der Waals surface area contributed by atoms with E-state index in [0.29, 0.717) is 37.3 Å². The summed E-state index contributed by atoms with van der Waals surface area (Å²) in [6.07, 6.45) is 8.33. The molecular formula is C22H29FN2O3. The van der Waals surface area contributed by atoms with Crippen LogP contribution in [0.2, 0.25) is 0 Å². The number of carbonyl (C=O) groups is 2. The number of carbonyl (C=O) groups excluding carboxylic acids is 2. The number of hydrogen-bond donors (Lipinski definition) is 1. The van der Waals surface area contributed by atoms with Gasteiger partial charge in [-0.25, -0.2) is 4.39 Å². The first-order valence-corrected chi connectivity index (χ1v) is 10.7. The van der Waals surface area contributed by atoms with E-state index in [-0.39, 0.29) is 29.6 Å². The summed E-state index contributed by atoms with van der Waals surface area (Å²) in [5, 5.41) is 3.09. The molecule has 152 valence electrons. The summed E-state index contributed by atoms with van der Waals surface area (Å²) < 4.78 is 19.5. The molecule has 2 aliphatic heterocycles. The van der Waals surface area contributed by atoms with Gasteiger partial charge in [-0.2, -0.15) is 0 Å². The summed E-state index contributed by atoms with van der Waals surface area (Å²) in [6, 6.07) is 3.77. The smallest absolute Gasteiger partial charge is 0.243 e. The second kappa shape index (κ2) is 8.50. The lowest BCUT2D eigenvalue weighted by Crippen LogP contribution is -2.48. The number of halogens is 1. The van der Waals surface area contributed by atoms with E-state index in [1.54, 1.807) is 11.0 Å². The highest BCUT2D eigenvalue weighted by Crippen LogP contribution is 2.33. The molecule has 0 bridgehead atoms. The van der Waals surface area contributed by atoms with Crippen LogP contribution in [0.4, 0.5) is 4.39 Å². The number of nitrogens with one attached hydrogen (secondary N) is 1. The Morgan fingerprint density at radius 2 is 1.86 bits per heavy atom. The Morgan fingerprint density at radius 1 is 1.04 bits per heavy atom. The van der Waals surface area contributed by atoms with E-state index in [4.69, 9.17) is 4.74 Å². The van der Waals surface area contributed by atoms with Crippen molar-refractivity contribution in [3.8, 4) is 5.75 Å². The van der Waals surface area contributed by atoms with Crippen LogP contribution in [0.1, 0.15) is 69.4 Å². The molecule has 0 aromatic heterocycles. The third-order valence-electron chi connectivity index (χ3n) is 6.35. The van der Waals surface area contributed by atoms with Crippen LogP contribution in [0.15, 0.2) is 18.2 Å². The van der Waals surface area contributed by atoms with Gasteiger partial charge < -0.3 is 15.0 Å². The molecule has 1 N–H and O–H groups in total. The minimum Gasteiger partial charge on any atom is -0.493 e. The number of hydrogen-bond acceptors (Lipinski definition) is 3. The van der Waals surface area contributed by atoms with Crippen LogP contribution >= 0.6 is 0 Å². The van der Waals surface area contributed by atoms with Gasteiger partial charge in [-0.3, -0.25) is 9.59 Å². The summed E-state index contributed by atoms with van der Waals surface area (Å²) in [4.78, 5) is 27.9. The SMILES string of the molecule is O=C(N[C@@H]1CCCOc2ccc(F)cc21)[C@@H]1CCCN1C(=O)C1CCCCC1. The molecule has 28 heavy (non-hydrogen) atoms. The lowest BCUT2D eigenvalue weighted by atomic mass is 9.88. The fourth-order valence-electron chi connectivity index (χ4n) is 4.85. The van der Waals surface area contributed by atoms with Gasteiger partial charge in [0.05, 0.1) is 12.6 Å². The summed E-state index contributed by atoms with van der Waals surface area (Å²) in [7, 11) is 0. The van der Waals surface area contributed by atoms with E-state index in [2.05, 4.69) is 5.32 Å². The highest BCUT2D eigenvalue weighted by molar-refractivity contribution is 5.89. The molecule has 3 aliphatic rings. The van der Waals surface area contributed by atoms with Crippen molar-refractivity contribution in [2.75, 3.05) is 13.2 Å². The molecule has 1 aromatic carbocycles. The van der Waals surface area contributed by atoms with E-state index in [0.717, 1.165) is 38.5 Å². The Kier molecular flexibility index (Phi) is 5.83. The fraction of sp³-hybridized carbons (Fsp3) is 0.636. The van der Waals surface area contributed by atoms with Crippen LogP contribution in [-0.2, 0) is 9.59 Å². The standard InChI is InChI=1S/C22H29FN2O3/c23-16-10-11-20-17(14-16)18(8-5-13-28-20)24-21(26)19-9-4-12-25(19)22(27)15-6-2-1-3-7-15/h10-11,14-15,18-19H,1-9,12-13H2,(H,24,26)/t18-,19+/m1/s1. The van der Waals surface area contributed by atoms with E-state index in [1.165, 1.54) is 18.6 Å². The van der Waals surface area contributed by atoms with Crippen molar-refractivity contribution in [2.45, 2.75) is 69.9 Å². The first-order chi connectivity index (χ1) is 13.6. The Bertz CT molecular complexity index is 732.